The van der Waals surface area contributed by atoms with E-state index in [4.69, 9.17) is 0 Å². The van der Waals surface area contributed by atoms with Crippen LogP contribution in [0.1, 0.15) is 0 Å². The molecule has 0 saturated carbocycles. The van der Waals surface area contributed by atoms with Gasteiger partial charge in [-0.25, -0.2) is 0 Å². The zero-order valence-corrected chi connectivity index (χ0v) is 13.2. The van der Waals surface area contributed by atoms with Gasteiger partial charge in [-0.2, -0.15) is 0 Å². The summed E-state index contributed by atoms with van der Waals surface area (Å²) in [5.74, 6) is 0. The first kappa shape index (κ1) is 25.2. The van der Waals surface area contributed by atoms with Crippen molar-refractivity contribution in [3.63, 3.8) is 0 Å². The molecule has 0 aromatic carbocycles. The summed E-state index contributed by atoms with van der Waals surface area (Å²) in [5, 5.41) is 0. The van der Waals surface area contributed by atoms with Crippen molar-refractivity contribution in [3.05, 3.63) is 0 Å². The fourth-order valence-corrected chi connectivity index (χ4v) is 0. The molecule has 0 radical (unpaired) electrons. The molecule has 0 N–H and O–H groups in total. The molecule has 4 heteroatoms. The molecule has 0 atom stereocenters. The van der Waals surface area contributed by atoms with Crippen LogP contribution in [0.4, 0.5) is 0 Å². The summed E-state index contributed by atoms with van der Waals surface area (Å²) in [6.07, 6.45) is 0. The second kappa shape index (κ2) is 15.9. The summed E-state index contributed by atoms with van der Waals surface area (Å²) in [4.78, 5) is 0. The van der Waals surface area contributed by atoms with Crippen LogP contribution >= 0.6 is 0 Å². The Labute approximate surface area is 123 Å². The third kappa shape index (κ3) is 9.20. The van der Waals surface area contributed by atoms with E-state index in [1.165, 1.54) is 0 Å². The Hall–Kier alpha value is 3.71. The summed E-state index contributed by atoms with van der Waals surface area (Å²) < 4.78 is 0. The fourth-order valence-electron chi connectivity index (χ4n) is 0. The summed E-state index contributed by atoms with van der Waals surface area (Å²) in [5.41, 5.74) is 0. The van der Waals surface area contributed by atoms with Gasteiger partial charge in [-0.3, -0.25) is 0 Å². The standard InChI is InChI=1S/Cs.FH.HI.Na/h;2*1H;/q+1;;;+1/p-2. The smallest absolute Gasteiger partial charge is 1.00 e. The van der Waals surface area contributed by atoms with Gasteiger partial charge in [-0.15, -0.1) is 0 Å². The Bertz CT molecular complexity index is 8.00. The molecule has 0 heterocycles. The Morgan fingerprint density at radius 3 is 1.00 bits per heavy atom. The van der Waals surface area contributed by atoms with Crippen LogP contribution in [0.15, 0.2) is 0 Å². The van der Waals surface area contributed by atoms with Crippen LogP contribution in [-0.4, -0.2) is 0 Å². The Morgan fingerprint density at radius 1 is 1.00 bits per heavy atom. The van der Waals surface area contributed by atoms with Gasteiger partial charge in [-0.1, -0.05) is 0 Å². The van der Waals surface area contributed by atoms with Crippen molar-refractivity contribution < 1.29 is 127 Å². The van der Waals surface area contributed by atoms with E-state index < -0.39 is 0 Å². The molecule has 0 aromatic heterocycles. The first-order chi connectivity index (χ1) is 0. The summed E-state index contributed by atoms with van der Waals surface area (Å²) in [6.45, 7) is 0. The predicted octanol–water partition coefficient (Wildman–Crippen LogP) is -12.0. The van der Waals surface area contributed by atoms with E-state index in [-0.39, 0.29) is 127 Å². The molecule has 0 fully saturated rings. The molecule has 0 bridgehead atoms. The van der Waals surface area contributed by atoms with Crippen molar-refractivity contribution >= 4 is 0 Å². The molecule has 0 aliphatic rings. The Morgan fingerprint density at radius 2 is 1.00 bits per heavy atom. The minimum Gasteiger partial charge on any atom is -1.00 e. The van der Waals surface area contributed by atoms with Crippen LogP contribution < -0.4 is 127 Å². The first-order valence-corrected chi connectivity index (χ1v) is 0. The van der Waals surface area contributed by atoms with Crippen molar-refractivity contribution in [2.45, 2.75) is 0 Å². The Balaban J connectivity index is 0. The topological polar surface area (TPSA) is 0 Å². The van der Waals surface area contributed by atoms with Crippen molar-refractivity contribution in [2.75, 3.05) is 0 Å². The molecule has 16 valence electrons. The van der Waals surface area contributed by atoms with Gasteiger partial charge >= 0.3 is 98.5 Å². The van der Waals surface area contributed by atoms with E-state index in [9.17, 15) is 0 Å². The average molecular weight is 302 g/mol. The molecule has 0 amide bonds. The molecule has 0 aliphatic heterocycles. The number of rotatable bonds is 0. The van der Waals surface area contributed by atoms with Crippen molar-refractivity contribution in [1.82, 2.24) is 0 Å². The van der Waals surface area contributed by atoms with Gasteiger partial charge in [0, 0.05) is 0 Å². The summed E-state index contributed by atoms with van der Waals surface area (Å²) in [7, 11) is 0. The van der Waals surface area contributed by atoms with Crippen LogP contribution in [-0.2, 0) is 0 Å². The zero-order chi connectivity index (χ0) is 0. The van der Waals surface area contributed by atoms with Crippen LogP contribution in [0.3, 0.4) is 0 Å². The van der Waals surface area contributed by atoms with Gasteiger partial charge in [0.25, 0.3) is 0 Å². The molecule has 0 nitrogen and oxygen atoms in total. The molecular formula is CsFINa. The first-order valence-electron chi connectivity index (χ1n) is 0. The van der Waals surface area contributed by atoms with Gasteiger partial charge in [0.1, 0.15) is 0 Å². The van der Waals surface area contributed by atoms with E-state index >= 15 is 0 Å². The largest absolute Gasteiger partial charge is 1.00 e. The molecule has 0 rings (SSSR count). The molecule has 0 spiro atoms. The molecule has 0 saturated heterocycles. The number of hydrogen-bond donors (Lipinski definition) is 0. The third-order valence-electron chi connectivity index (χ3n) is 0. The molecule has 4 heavy (non-hydrogen) atoms. The van der Waals surface area contributed by atoms with Crippen LogP contribution in [0.2, 0.25) is 0 Å². The van der Waals surface area contributed by atoms with E-state index in [0.29, 0.717) is 0 Å². The van der Waals surface area contributed by atoms with Crippen molar-refractivity contribution in [1.29, 1.82) is 0 Å². The van der Waals surface area contributed by atoms with E-state index in [1.807, 2.05) is 0 Å². The van der Waals surface area contributed by atoms with E-state index in [2.05, 4.69) is 0 Å². The maximum absolute atomic E-state index is 0. The van der Waals surface area contributed by atoms with Crippen molar-refractivity contribution in [3.8, 4) is 0 Å². The fraction of sp³-hybridized carbons (Fsp3) is 0. The van der Waals surface area contributed by atoms with Gasteiger partial charge in [0.05, 0.1) is 0 Å². The quantitative estimate of drug-likeness (QED) is 0.308. The predicted molar refractivity (Wildman–Crippen MR) is 0 cm³/mol. The zero-order valence-electron chi connectivity index (χ0n) is 2.76. The van der Waals surface area contributed by atoms with Crippen LogP contribution in [0, 0.1) is 0 Å². The minimum atomic E-state index is 0. The molecule has 0 aliphatic carbocycles. The molecule has 0 unspecified atom stereocenters. The monoisotopic (exact) mass is 302 g/mol. The average Bonchev–Trinajstić information content (AvgIpc) is 0. The van der Waals surface area contributed by atoms with E-state index in [0.717, 1.165) is 0 Å². The van der Waals surface area contributed by atoms with Gasteiger partial charge in [0.2, 0.25) is 0 Å². The van der Waals surface area contributed by atoms with Gasteiger partial charge in [0.15, 0.2) is 0 Å². The van der Waals surface area contributed by atoms with Crippen molar-refractivity contribution in [2.24, 2.45) is 0 Å². The van der Waals surface area contributed by atoms with Gasteiger partial charge < -0.3 is 28.7 Å². The van der Waals surface area contributed by atoms with Crippen LogP contribution in [0.5, 0.6) is 0 Å². The second-order valence-corrected chi connectivity index (χ2v) is 0. The maximum Gasteiger partial charge on any atom is 1.00 e. The SMILES string of the molecule is [Cs+].[F-].[I-].[Na+]. The molecular weight excluding hydrogens is 302 g/mol. The Kier molecular flexibility index (Phi) is 100. The third-order valence-corrected chi connectivity index (χ3v) is 0. The number of hydrogen-bond acceptors (Lipinski definition) is 0. The summed E-state index contributed by atoms with van der Waals surface area (Å²) in [6, 6.07) is 0. The second-order valence-electron chi connectivity index (χ2n) is 0. The number of halogens is 2. The normalized spacial score (nSPS) is 0. The van der Waals surface area contributed by atoms with E-state index in [1.54, 1.807) is 0 Å². The van der Waals surface area contributed by atoms with Crippen LogP contribution in [0.25, 0.3) is 0 Å². The maximum atomic E-state index is 0. The van der Waals surface area contributed by atoms with Gasteiger partial charge in [-0.05, 0) is 0 Å². The molecule has 0 aromatic rings. The summed E-state index contributed by atoms with van der Waals surface area (Å²) >= 11 is 0. The minimum absolute atomic E-state index is 0.